The lowest BCUT2D eigenvalue weighted by Gasteiger charge is -2.12. The standard InChI is InChI=1S/C26H22FN7O3.C24H19FN6O2.2C22H22FN5O4/c1-3-23(35)31-17-5-4-6-18(13-17)32-24-21(27)15-30-26(34-24)33-16-7-9-19(10-8-16)37-20-11-12-29-22(14-20)25(36)28-2;1-2-22(32)28-17-5-3-6-18(13-17)29-23-21(25)15-27-24(31-23)30-16-8-10-19(11-9-16)33-20-7-4-12-26-14-20;1-2-20(31)25-14-5-3-6-15(9-14)26-21-19(23)11-24-22(28-21)27-16-7-4-8-18(10-16)32-13-17(30)12-29;1-2-20(31)25-15-4-3-5-16(10-15)26-21-19(23)11-24-22(28-21)27-14-6-8-18(9-7-14)32-13-17(30)12-29/h3-15H,1H2,2H3,(H,28,36)(H,31,35)(H2,30,32,33,34);2-15H,1H2,(H,28,32)(H2,27,29,30,31);2*2-11,17,29-30H,1,12-13H2,(H,25,31)(H2,24,26,27,28). The summed E-state index contributed by atoms with van der Waals surface area (Å²) in [7, 11) is 1.52. The van der Waals surface area contributed by atoms with Crippen LogP contribution in [0, 0.1) is 23.3 Å². The molecule has 2 unspecified atom stereocenters. The summed E-state index contributed by atoms with van der Waals surface area (Å²) in [6.07, 6.45) is 11.6. The number of carbonyl (C=O) groups excluding carboxylic acids is 5. The minimum absolute atomic E-state index is 0.0174. The second kappa shape index (κ2) is 49.3. The number of hydrogen-bond acceptors (Lipinski definition) is 31. The first kappa shape index (κ1) is 96.5. The first-order chi connectivity index (χ1) is 64.9. The van der Waals surface area contributed by atoms with Crippen LogP contribution in [0.15, 0.2) is 312 Å². The molecule has 0 aliphatic carbocycles. The summed E-state index contributed by atoms with van der Waals surface area (Å²) in [5.41, 5.74) is 6.93. The van der Waals surface area contributed by atoms with Crippen molar-refractivity contribution in [3.63, 3.8) is 0 Å². The second-order valence-electron chi connectivity index (χ2n) is 27.4. The first-order valence-electron chi connectivity index (χ1n) is 40.0. The molecule has 0 saturated heterocycles. The summed E-state index contributed by atoms with van der Waals surface area (Å²) in [6, 6.07) is 61.3. The van der Waals surface area contributed by atoms with Gasteiger partial charge in [0.15, 0.2) is 46.5 Å². The Bertz CT molecular complexity index is 6410. The third-order valence-electron chi connectivity index (χ3n) is 17.3. The minimum Gasteiger partial charge on any atom is -0.491 e. The number of benzene rings is 8. The zero-order valence-corrected chi connectivity index (χ0v) is 70.9. The summed E-state index contributed by atoms with van der Waals surface area (Å²) in [5.74, 6) is -0.604. The number of carbonyl (C=O) groups is 5. The second-order valence-corrected chi connectivity index (χ2v) is 27.4. The van der Waals surface area contributed by atoms with Gasteiger partial charge in [0.25, 0.3) is 5.91 Å². The maximum atomic E-state index is 14.4. The fourth-order valence-electron chi connectivity index (χ4n) is 11.0. The maximum Gasteiger partial charge on any atom is 0.269 e. The van der Waals surface area contributed by atoms with Gasteiger partial charge in [-0.1, -0.05) is 56.6 Å². The minimum atomic E-state index is -0.982. The van der Waals surface area contributed by atoms with E-state index in [0.29, 0.717) is 103 Å². The van der Waals surface area contributed by atoms with E-state index in [1.807, 2.05) is 6.07 Å². The average Bonchev–Trinajstić information content (AvgIpc) is 0.846. The van der Waals surface area contributed by atoms with E-state index in [2.05, 4.69) is 145 Å². The molecule has 0 radical (unpaired) electrons. The van der Waals surface area contributed by atoms with Crippen molar-refractivity contribution in [2.45, 2.75) is 12.2 Å². The predicted octanol–water partition coefficient (Wildman–Crippen LogP) is 16.1. The van der Waals surface area contributed by atoms with Crippen molar-refractivity contribution < 1.29 is 80.9 Å². The largest absolute Gasteiger partial charge is 0.491 e. The molecule has 134 heavy (non-hydrogen) atoms. The number of halogens is 4. The number of amides is 5. The zero-order valence-electron chi connectivity index (χ0n) is 70.9. The highest BCUT2D eigenvalue weighted by Gasteiger charge is 2.18. The van der Waals surface area contributed by atoms with Crippen LogP contribution in [0.1, 0.15) is 10.5 Å². The van der Waals surface area contributed by atoms with E-state index in [1.165, 1.54) is 25.4 Å². The van der Waals surface area contributed by atoms with Gasteiger partial charge in [-0.15, -0.1) is 0 Å². The molecule has 17 N–H and O–H groups in total. The van der Waals surface area contributed by atoms with Crippen molar-refractivity contribution in [2.75, 3.05) is 97.3 Å². The number of ether oxygens (including phenoxy) is 4. The Morgan fingerprint density at radius 2 is 0.649 bits per heavy atom. The van der Waals surface area contributed by atoms with Crippen LogP contribution in [-0.4, -0.2) is 145 Å². The summed E-state index contributed by atoms with van der Waals surface area (Å²) in [4.78, 5) is 98.3. The molecule has 6 aromatic heterocycles. The molecule has 14 rings (SSSR count). The monoisotopic (exact) mass is 1820 g/mol. The fraction of sp³-hybridized carbons (Fsp3) is 0.0745. The van der Waals surface area contributed by atoms with Gasteiger partial charge in [0.1, 0.15) is 65.6 Å². The molecule has 36 nitrogen and oxygen atoms in total. The lowest BCUT2D eigenvalue weighted by atomic mass is 10.2. The molecule has 8 aromatic carbocycles. The van der Waals surface area contributed by atoms with Crippen molar-refractivity contribution in [1.29, 1.82) is 0 Å². The van der Waals surface area contributed by atoms with Crippen molar-refractivity contribution in [3.05, 3.63) is 341 Å². The number of rotatable bonds is 37. The van der Waals surface area contributed by atoms with Gasteiger partial charge in [-0.3, -0.25) is 33.9 Å². The molecular weight excluding hydrogens is 1740 g/mol. The number of anilines is 20. The zero-order chi connectivity index (χ0) is 95.1. The number of aromatic nitrogens is 10. The topological polar surface area (TPSA) is 488 Å². The van der Waals surface area contributed by atoms with Gasteiger partial charge >= 0.3 is 0 Å². The van der Waals surface area contributed by atoms with Gasteiger partial charge in [-0.2, -0.15) is 19.9 Å². The molecule has 0 aliphatic heterocycles. The van der Waals surface area contributed by atoms with Gasteiger partial charge in [-0.25, -0.2) is 37.5 Å². The summed E-state index contributed by atoms with van der Waals surface area (Å²) >= 11 is 0. The quantitative estimate of drug-likeness (QED) is 0.0127. The Balaban J connectivity index is 0.000000172. The molecule has 0 bridgehead atoms. The van der Waals surface area contributed by atoms with Crippen LogP contribution in [0.3, 0.4) is 0 Å². The maximum absolute atomic E-state index is 14.4. The van der Waals surface area contributed by atoms with Crippen molar-refractivity contribution in [3.8, 4) is 34.5 Å². The van der Waals surface area contributed by atoms with Gasteiger partial charge in [-0.05, 0) is 200 Å². The molecular formula is C94H85F4N23O13. The lowest BCUT2D eigenvalue weighted by molar-refractivity contribution is -0.112. The average molecular weight is 1820 g/mol. The highest BCUT2D eigenvalue weighted by Crippen LogP contribution is 2.32. The smallest absolute Gasteiger partial charge is 0.269 e. The number of nitrogens with one attached hydrogen (secondary N) is 13. The molecule has 40 heteroatoms. The van der Waals surface area contributed by atoms with Gasteiger partial charge in [0.2, 0.25) is 47.4 Å². The molecule has 0 spiro atoms. The summed E-state index contributed by atoms with van der Waals surface area (Å²) in [6.45, 7) is 12.8. The highest BCUT2D eigenvalue weighted by molar-refractivity contribution is 6.01. The van der Waals surface area contributed by atoms with E-state index >= 15 is 0 Å². The SMILES string of the molecule is C=CC(=O)Nc1cccc(Nc2nc(Nc3ccc(OCC(O)CO)cc3)ncc2F)c1.C=CC(=O)Nc1cccc(Nc2nc(Nc3ccc(Oc4cccnc4)cc3)ncc2F)c1.C=CC(=O)Nc1cccc(Nc2nc(Nc3ccc(Oc4ccnc(C(=O)NC)c4)cc3)ncc2F)c1.C=CC(=O)Nc1cccc(Nc2nc(Nc3cccc(OCC(O)CO)c3)ncc2F)c1. The van der Waals surface area contributed by atoms with Gasteiger partial charge in [0.05, 0.1) is 44.2 Å². The Hall–Kier alpha value is -18.2. The number of pyridine rings is 2. The van der Waals surface area contributed by atoms with Crippen LogP contribution >= 0.6 is 0 Å². The van der Waals surface area contributed by atoms with Crippen LogP contribution in [0.25, 0.3) is 0 Å². The van der Waals surface area contributed by atoms with Crippen LogP contribution < -0.4 is 88.1 Å². The molecule has 2 atom stereocenters. The van der Waals surface area contributed by atoms with Crippen molar-refractivity contribution in [1.82, 2.24) is 55.2 Å². The van der Waals surface area contributed by atoms with Crippen LogP contribution in [-0.2, 0) is 19.2 Å². The Morgan fingerprint density at radius 3 is 0.985 bits per heavy atom. The molecule has 0 fully saturated rings. The van der Waals surface area contributed by atoms with E-state index in [4.69, 9.17) is 29.2 Å². The Kier molecular flexibility index (Phi) is 35.5. The Morgan fingerprint density at radius 1 is 0.336 bits per heavy atom. The number of nitrogens with zero attached hydrogens (tertiary/aromatic N) is 10. The molecule has 14 aromatic rings. The van der Waals surface area contributed by atoms with E-state index < -0.39 is 42.1 Å². The van der Waals surface area contributed by atoms with E-state index in [9.17, 15) is 51.7 Å². The van der Waals surface area contributed by atoms with Crippen molar-refractivity contribution in [2.24, 2.45) is 0 Å². The molecule has 5 amide bonds. The predicted molar refractivity (Wildman–Crippen MR) is 500 cm³/mol. The third kappa shape index (κ3) is 31.1. The lowest BCUT2D eigenvalue weighted by Crippen LogP contribution is -2.21. The normalized spacial score (nSPS) is 10.8. The third-order valence-corrected chi connectivity index (χ3v) is 17.3. The number of hydrogen-bond donors (Lipinski definition) is 17. The van der Waals surface area contributed by atoms with E-state index in [0.717, 1.165) is 43.0 Å². The van der Waals surface area contributed by atoms with Gasteiger partial charge < -0.3 is 108 Å². The van der Waals surface area contributed by atoms with Crippen LogP contribution in [0.5, 0.6) is 34.5 Å². The van der Waals surface area contributed by atoms with Gasteiger partial charge in [0, 0.05) is 99.8 Å². The van der Waals surface area contributed by atoms with E-state index in [-0.39, 0.29) is 102 Å². The van der Waals surface area contributed by atoms with E-state index in [1.54, 1.807) is 219 Å². The highest BCUT2D eigenvalue weighted by atomic mass is 19.1. The molecule has 0 saturated carbocycles. The molecule has 0 aliphatic rings. The molecule has 6 heterocycles. The van der Waals surface area contributed by atoms with Crippen LogP contribution in [0.4, 0.5) is 133 Å². The fourth-order valence-corrected chi connectivity index (χ4v) is 11.0. The Labute approximate surface area is 762 Å². The van der Waals surface area contributed by atoms with Crippen LogP contribution in [0.2, 0.25) is 0 Å². The molecule has 682 valence electrons. The first-order valence-corrected chi connectivity index (χ1v) is 40.0. The van der Waals surface area contributed by atoms with Crippen molar-refractivity contribution >= 4 is 145 Å². The number of aliphatic hydroxyl groups excluding tert-OH is 4. The summed E-state index contributed by atoms with van der Waals surface area (Å²) in [5, 5.41) is 72.9. The number of aliphatic hydroxyl groups is 4. The summed E-state index contributed by atoms with van der Waals surface area (Å²) < 4.78 is 79.4.